The van der Waals surface area contributed by atoms with Gasteiger partial charge in [0.15, 0.2) is 0 Å². The van der Waals surface area contributed by atoms with E-state index in [2.05, 4.69) is 6.07 Å². The molecule has 0 N–H and O–H groups in total. The van der Waals surface area contributed by atoms with Crippen LogP contribution in [0.5, 0.6) is 0 Å². The van der Waals surface area contributed by atoms with Gasteiger partial charge in [-0.3, -0.25) is 19.5 Å². The standard InChI is InChI=1S/C23H26N4O3/c1-4-26-22(29)19-12-25(7-8-27(19)23(26)30)21(28)17-11-18(15-5-6-15)24-20-14(3)9-13(2)10-16(17)20/h9-11,15,19H,4-8,12H2,1-3H3. The zero-order valence-electron chi connectivity index (χ0n) is 17.6. The molecule has 0 bridgehead atoms. The number of piperazine rings is 1. The Kier molecular flexibility index (Phi) is 4.31. The molecule has 1 aromatic heterocycles. The van der Waals surface area contributed by atoms with Crippen molar-refractivity contribution in [2.75, 3.05) is 26.2 Å². The van der Waals surface area contributed by atoms with Crippen LogP contribution in [0.15, 0.2) is 18.2 Å². The molecule has 3 heterocycles. The average Bonchev–Trinajstić information content (AvgIpc) is 3.54. The van der Waals surface area contributed by atoms with Crippen LogP contribution in [-0.2, 0) is 4.79 Å². The minimum Gasteiger partial charge on any atom is -0.334 e. The molecule has 156 valence electrons. The number of pyridine rings is 1. The smallest absolute Gasteiger partial charge is 0.327 e. The van der Waals surface area contributed by atoms with Gasteiger partial charge in [0.2, 0.25) is 0 Å². The maximum Gasteiger partial charge on any atom is 0.327 e. The van der Waals surface area contributed by atoms with Crippen LogP contribution in [0.4, 0.5) is 4.79 Å². The first-order valence-corrected chi connectivity index (χ1v) is 10.7. The number of amides is 4. The van der Waals surface area contributed by atoms with E-state index in [4.69, 9.17) is 4.98 Å². The lowest BCUT2D eigenvalue weighted by atomic mass is 9.99. The summed E-state index contributed by atoms with van der Waals surface area (Å²) in [6, 6.07) is 5.26. The third kappa shape index (κ3) is 2.87. The van der Waals surface area contributed by atoms with Crippen LogP contribution < -0.4 is 0 Å². The maximum absolute atomic E-state index is 13.6. The SMILES string of the molecule is CCN1C(=O)C2CN(C(=O)c3cc(C4CC4)nc4c(C)cc(C)cc34)CCN2C1=O. The summed E-state index contributed by atoms with van der Waals surface area (Å²) in [4.78, 5) is 48.2. The molecule has 4 amide bonds. The van der Waals surface area contributed by atoms with Crippen molar-refractivity contribution >= 4 is 28.7 Å². The van der Waals surface area contributed by atoms with Crippen molar-refractivity contribution in [3.05, 3.63) is 40.6 Å². The summed E-state index contributed by atoms with van der Waals surface area (Å²) in [6.07, 6.45) is 2.22. The molecule has 1 unspecified atom stereocenters. The van der Waals surface area contributed by atoms with Gasteiger partial charge in [0.05, 0.1) is 17.6 Å². The second-order valence-electron chi connectivity index (χ2n) is 8.67. The van der Waals surface area contributed by atoms with Crippen molar-refractivity contribution in [3.63, 3.8) is 0 Å². The highest BCUT2D eigenvalue weighted by molar-refractivity contribution is 6.08. The van der Waals surface area contributed by atoms with Gasteiger partial charge in [-0.2, -0.15) is 0 Å². The Morgan fingerprint density at radius 3 is 2.60 bits per heavy atom. The summed E-state index contributed by atoms with van der Waals surface area (Å²) in [6.45, 7) is 7.27. The molecule has 2 aromatic rings. The number of hydrogen-bond acceptors (Lipinski definition) is 4. The summed E-state index contributed by atoms with van der Waals surface area (Å²) in [7, 11) is 0. The molecule has 0 radical (unpaired) electrons. The molecule has 7 nitrogen and oxygen atoms in total. The first-order chi connectivity index (χ1) is 14.4. The predicted molar refractivity (Wildman–Crippen MR) is 112 cm³/mol. The number of hydrogen-bond donors (Lipinski definition) is 0. The monoisotopic (exact) mass is 406 g/mol. The Labute approximate surface area is 175 Å². The topological polar surface area (TPSA) is 73.8 Å². The van der Waals surface area contributed by atoms with Gasteiger partial charge < -0.3 is 9.80 Å². The Bertz CT molecular complexity index is 1090. The lowest BCUT2D eigenvalue weighted by Crippen LogP contribution is -2.54. The third-order valence-electron chi connectivity index (χ3n) is 6.51. The number of aromatic nitrogens is 1. The van der Waals surface area contributed by atoms with Gasteiger partial charge in [0.1, 0.15) is 6.04 Å². The van der Waals surface area contributed by atoms with Crippen LogP contribution in [0.25, 0.3) is 10.9 Å². The minimum absolute atomic E-state index is 0.0795. The van der Waals surface area contributed by atoms with E-state index < -0.39 is 6.04 Å². The third-order valence-corrected chi connectivity index (χ3v) is 6.51. The van der Waals surface area contributed by atoms with Crippen LogP contribution in [0.2, 0.25) is 0 Å². The van der Waals surface area contributed by atoms with E-state index in [1.165, 1.54) is 4.90 Å². The molecule has 1 aliphatic carbocycles. The lowest BCUT2D eigenvalue weighted by Gasteiger charge is -2.35. The van der Waals surface area contributed by atoms with E-state index in [1.54, 1.807) is 16.7 Å². The predicted octanol–water partition coefficient (Wildman–Crippen LogP) is 2.84. The van der Waals surface area contributed by atoms with E-state index in [-0.39, 0.29) is 24.4 Å². The quantitative estimate of drug-likeness (QED) is 0.735. The van der Waals surface area contributed by atoms with Gasteiger partial charge in [-0.05, 0) is 51.3 Å². The molecule has 3 aliphatic rings. The highest BCUT2D eigenvalue weighted by atomic mass is 16.2. The van der Waals surface area contributed by atoms with Crippen LogP contribution in [0, 0.1) is 13.8 Å². The van der Waals surface area contributed by atoms with Crippen LogP contribution in [-0.4, -0.2) is 69.8 Å². The van der Waals surface area contributed by atoms with E-state index >= 15 is 0 Å². The Balaban J connectivity index is 1.52. The Hall–Kier alpha value is -2.96. The summed E-state index contributed by atoms with van der Waals surface area (Å²) in [5, 5.41) is 0.869. The van der Waals surface area contributed by atoms with Gasteiger partial charge in [0.25, 0.3) is 11.8 Å². The van der Waals surface area contributed by atoms with E-state index in [1.807, 2.05) is 26.0 Å². The number of imide groups is 1. The van der Waals surface area contributed by atoms with Crippen molar-refractivity contribution < 1.29 is 14.4 Å². The second-order valence-corrected chi connectivity index (χ2v) is 8.67. The van der Waals surface area contributed by atoms with Gasteiger partial charge >= 0.3 is 6.03 Å². The molecule has 0 spiro atoms. The minimum atomic E-state index is -0.574. The highest BCUT2D eigenvalue weighted by Gasteiger charge is 2.47. The lowest BCUT2D eigenvalue weighted by molar-refractivity contribution is -0.129. The fraction of sp³-hybridized carbons (Fsp3) is 0.478. The molecule has 1 aromatic carbocycles. The second kappa shape index (κ2) is 6.79. The maximum atomic E-state index is 13.6. The van der Waals surface area contributed by atoms with Gasteiger partial charge in [0, 0.05) is 36.6 Å². The number of benzene rings is 1. The fourth-order valence-electron chi connectivity index (χ4n) is 4.76. The molecule has 1 saturated carbocycles. The molecule has 30 heavy (non-hydrogen) atoms. The number of carbonyl (C=O) groups is 3. The van der Waals surface area contributed by atoms with E-state index in [0.29, 0.717) is 31.1 Å². The molecule has 7 heteroatoms. The zero-order chi connectivity index (χ0) is 21.2. The summed E-state index contributed by atoms with van der Waals surface area (Å²) < 4.78 is 0. The Morgan fingerprint density at radius 2 is 1.90 bits per heavy atom. The molecule has 3 fully saturated rings. The van der Waals surface area contributed by atoms with Crippen molar-refractivity contribution in [1.82, 2.24) is 19.7 Å². The number of aryl methyl sites for hydroxylation is 2. The number of likely N-dealkylation sites (N-methyl/N-ethyl adjacent to an activating group) is 1. The van der Waals surface area contributed by atoms with Crippen molar-refractivity contribution in [3.8, 4) is 0 Å². The fourth-order valence-corrected chi connectivity index (χ4v) is 4.76. The molecule has 5 rings (SSSR count). The number of nitrogens with zero attached hydrogens (tertiary/aromatic N) is 4. The zero-order valence-corrected chi connectivity index (χ0v) is 17.6. The number of carbonyl (C=O) groups excluding carboxylic acids is 3. The van der Waals surface area contributed by atoms with Crippen molar-refractivity contribution in [2.45, 2.75) is 45.6 Å². The molecule has 1 atom stereocenters. The van der Waals surface area contributed by atoms with Gasteiger partial charge in [-0.1, -0.05) is 11.6 Å². The molecule has 2 saturated heterocycles. The van der Waals surface area contributed by atoms with Crippen LogP contribution in [0.1, 0.15) is 52.9 Å². The largest absolute Gasteiger partial charge is 0.334 e. The van der Waals surface area contributed by atoms with E-state index in [9.17, 15) is 14.4 Å². The summed E-state index contributed by atoms with van der Waals surface area (Å²) >= 11 is 0. The van der Waals surface area contributed by atoms with Gasteiger partial charge in [-0.25, -0.2) is 4.79 Å². The normalized spacial score (nSPS) is 21.6. The first kappa shape index (κ1) is 19.0. The first-order valence-electron chi connectivity index (χ1n) is 10.7. The Morgan fingerprint density at radius 1 is 1.13 bits per heavy atom. The van der Waals surface area contributed by atoms with Gasteiger partial charge in [-0.15, -0.1) is 0 Å². The highest BCUT2D eigenvalue weighted by Crippen LogP contribution is 2.41. The van der Waals surface area contributed by atoms with Crippen molar-refractivity contribution in [2.24, 2.45) is 0 Å². The average molecular weight is 406 g/mol. The number of fused-ring (bicyclic) bond motifs is 2. The summed E-state index contributed by atoms with van der Waals surface area (Å²) in [5.41, 5.74) is 4.69. The van der Waals surface area contributed by atoms with E-state index in [0.717, 1.165) is 40.6 Å². The van der Waals surface area contributed by atoms with Crippen molar-refractivity contribution in [1.29, 1.82) is 0 Å². The molecular formula is C23H26N4O3. The molecular weight excluding hydrogens is 380 g/mol. The number of urea groups is 1. The van der Waals surface area contributed by atoms with Crippen LogP contribution in [0.3, 0.4) is 0 Å². The number of rotatable bonds is 3. The summed E-state index contributed by atoms with van der Waals surface area (Å²) in [5.74, 6) is 0.153. The molecule has 2 aliphatic heterocycles. The van der Waals surface area contributed by atoms with Crippen LogP contribution >= 0.6 is 0 Å².